The Morgan fingerprint density at radius 2 is 1.61 bits per heavy atom. The molecule has 3 aliphatic rings. The van der Waals surface area contributed by atoms with Gasteiger partial charge >= 0.3 is 5.97 Å². The molecule has 0 aromatic rings. The largest absolute Gasteiger partial charge is 0.462 e. The molecular formula is C25H41NO2. The zero-order chi connectivity index (χ0) is 19.8. The van der Waals surface area contributed by atoms with E-state index in [4.69, 9.17) is 10.00 Å². The average molecular weight is 388 g/mol. The number of nitriles is 1. The molecule has 3 fully saturated rings. The second kappa shape index (κ2) is 11.2. The molecule has 0 saturated heterocycles. The van der Waals surface area contributed by atoms with Gasteiger partial charge in [0, 0.05) is 5.92 Å². The molecule has 0 N–H and O–H groups in total. The number of carbonyl (C=O) groups excluding carboxylic acids is 1. The third kappa shape index (κ3) is 6.23. The lowest BCUT2D eigenvalue weighted by Crippen LogP contribution is -2.36. The Labute approximate surface area is 172 Å². The molecule has 3 saturated carbocycles. The number of nitrogens with zero attached hydrogens (tertiary/aromatic N) is 1. The van der Waals surface area contributed by atoms with Gasteiger partial charge in [-0.3, -0.25) is 4.79 Å². The maximum absolute atomic E-state index is 12.7. The van der Waals surface area contributed by atoms with Gasteiger partial charge in [-0.1, -0.05) is 51.9 Å². The fourth-order valence-corrected chi connectivity index (χ4v) is 6.07. The van der Waals surface area contributed by atoms with Gasteiger partial charge in [0.25, 0.3) is 0 Å². The van der Waals surface area contributed by atoms with Gasteiger partial charge in [-0.05, 0) is 75.5 Å². The Morgan fingerprint density at radius 1 is 0.893 bits per heavy atom. The van der Waals surface area contributed by atoms with Gasteiger partial charge in [-0.25, -0.2) is 0 Å². The normalized spacial score (nSPS) is 35.6. The van der Waals surface area contributed by atoms with E-state index in [0.717, 1.165) is 56.3 Å². The minimum Gasteiger partial charge on any atom is -0.462 e. The number of hydrogen-bond donors (Lipinski definition) is 0. The summed E-state index contributed by atoms with van der Waals surface area (Å²) < 4.78 is 5.86. The van der Waals surface area contributed by atoms with Crippen molar-refractivity contribution < 1.29 is 9.53 Å². The van der Waals surface area contributed by atoms with E-state index in [0.29, 0.717) is 0 Å². The van der Waals surface area contributed by atoms with E-state index in [2.05, 4.69) is 13.0 Å². The van der Waals surface area contributed by atoms with Crippen LogP contribution in [0.15, 0.2) is 0 Å². The third-order valence-electron chi connectivity index (χ3n) is 7.91. The van der Waals surface area contributed by atoms with Gasteiger partial charge in [-0.2, -0.15) is 5.26 Å². The minimum atomic E-state index is 0.0666. The molecule has 4 atom stereocenters. The van der Waals surface area contributed by atoms with Crippen LogP contribution in [0, 0.1) is 40.9 Å². The first-order valence-corrected chi connectivity index (χ1v) is 12.3. The molecule has 4 unspecified atom stereocenters. The van der Waals surface area contributed by atoms with E-state index < -0.39 is 0 Å². The molecule has 0 heterocycles. The third-order valence-corrected chi connectivity index (χ3v) is 7.91. The lowest BCUT2D eigenvalue weighted by Gasteiger charge is -2.42. The van der Waals surface area contributed by atoms with Crippen LogP contribution in [0.4, 0.5) is 0 Å². The van der Waals surface area contributed by atoms with E-state index in [1.807, 2.05) is 0 Å². The van der Waals surface area contributed by atoms with Gasteiger partial charge in [0.05, 0.1) is 12.0 Å². The SMILES string of the molecule is CCCCCCCC1CCC2CC(C(=O)OC3CCC(C#N)CC3)CCC2C1. The highest BCUT2D eigenvalue weighted by Crippen LogP contribution is 2.46. The van der Waals surface area contributed by atoms with E-state index in [9.17, 15) is 4.79 Å². The summed E-state index contributed by atoms with van der Waals surface area (Å²) in [5.41, 5.74) is 0. The maximum atomic E-state index is 12.7. The molecule has 3 heteroatoms. The number of unbranched alkanes of at least 4 members (excludes halogenated alkanes) is 4. The molecule has 0 amide bonds. The molecular weight excluding hydrogens is 346 g/mol. The van der Waals surface area contributed by atoms with Crippen molar-refractivity contribution in [1.82, 2.24) is 0 Å². The van der Waals surface area contributed by atoms with Gasteiger partial charge in [0.15, 0.2) is 0 Å². The molecule has 0 aromatic heterocycles. The summed E-state index contributed by atoms with van der Waals surface area (Å²) in [6, 6.07) is 2.36. The Bertz CT molecular complexity index is 517. The fourth-order valence-electron chi connectivity index (χ4n) is 6.07. The summed E-state index contributed by atoms with van der Waals surface area (Å²) in [5.74, 6) is 2.95. The smallest absolute Gasteiger partial charge is 0.309 e. The van der Waals surface area contributed by atoms with Gasteiger partial charge in [-0.15, -0.1) is 0 Å². The van der Waals surface area contributed by atoms with Crippen LogP contribution in [0.5, 0.6) is 0 Å². The highest BCUT2D eigenvalue weighted by Gasteiger charge is 2.38. The Morgan fingerprint density at radius 3 is 2.36 bits per heavy atom. The Balaban J connectivity index is 1.35. The van der Waals surface area contributed by atoms with Crippen molar-refractivity contribution in [2.75, 3.05) is 0 Å². The van der Waals surface area contributed by atoms with Gasteiger partial charge < -0.3 is 4.74 Å². The predicted molar refractivity (Wildman–Crippen MR) is 112 cm³/mol. The summed E-state index contributed by atoms with van der Waals surface area (Å²) in [4.78, 5) is 12.7. The van der Waals surface area contributed by atoms with Crippen LogP contribution in [0.25, 0.3) is 0 Å². The van der Waals surface area contributed by atoms with Gasteiger partial charge in [0.2, 0.25) is 0 Å². The molecule has 3 aliphatic carbocycles. The fraction of sp³-hybridized carbons (Fsp3) is 0.920. The predicted octanol–water partition coefficient (Wildman–Crippen LogP) is 6.81. The van der Waals surface area contributed by atoms with Crippen molar-refractivity contribution in [1.29, 1.82) is 5.26 Å². The number of esters is 1. The Hall–Kier alpha value is -1.04. The molecule has 0 aromatic carbocycles. The zero-order valence-electron chi connectivity index (χ0n) is 18.0. The van der Waals surface area contributed by atoms with Crippen LogP contribution in [0.2, 0.25) is 0 Å². The molecule has 0 aliphatic heterocycles. The lowest BCUT2D eigenvalue weighted by atomic mass is 9.64. The maximum Gasteiger partial charge on any atom is 0.309 e. The van der Waals surface area contributed by atoms with Crippen molar-refractivity contribution in [3.63, 3.8) is 0 Å². The first-order chi connectivity index (χ1) is 13.7. The topological polar surface area (TPSA) is 50.1 Å². The van der Waals surface area contributed by atoms with Crippen molar-refractivity contribution in [3.05, 3.63) is 0 Å². The van der Waals surface area contributed by atoms with Crippen molar-refractivity contribution >= 4 is 5.97 Å². The molecule has 0 spiro atoms. The standard InChI is InChI=1S/C25H41NO2/c1-2-3-4-5-6-7-19-8-11-22-17-23(13-12-21(22)16-19)25(27)28-24-14-9-20(18-26)10-15-24/h19-24H,2-17H2,1H3. The van der Waals surface area contributed by atoms with Gasteiger partial charge in [0.1, 0.15) is 6.10 Å². The molecule has 0 radical (unpaired) electrons. The second-order valence-electron chi connectivity index (χ2n) is 9.95. The lowest BCUT2D eigenvalue weighted by molar-refractivity contribution is -0.158. The van der Waals surface area contributed by atoms with E-state index >= 15 is 0 Å². The number of rotatable bonds is 8. The number of carbonyl (C=O) groups is 1. The van der Waals surface area contributed by atoms with Crippen molar-refractivity contribution in [2.24, 2.45) is 29.6 Å². The molecule has 3 nitrogen and oxygen atoms in total. The van der Waals surface area contributed by atoms with Crippen LogP contribution in [-0.4, -0.2) is 12.1 Å². The second-order valence-corrected chi connectivity index (χ2v) is 9.95. The van der Waals surface area contributed by atoms with E-state index in [1.54, 1.807) is 0 Å². The molecule has 28 heavy (non-hydrogen) atoms. The molecule has 3 rings (SSSR count). The highest BCUT2D eigenvalue weighted by molar-refractivity contribution is 5.72. The monoisotopic (exact) mass is 387 g/mol. The quantitative estimate of drug-likeness (QED) is 0.340. The highest BCUT2D eigenvalue weighted by atomic mass is 16.5. The van der Waals surface area contributed by atoms with Crippen LogP contribution in [-0.2, 0) is 9.53 Å². The molecule has 0 bridgehead atoms. The zero-order valence-corrected chi connectivity index (χ0v) is 18.0. The van der Waals surface area contributed by atoms with E-state index in [1.165, 1.54) is 64.2 Å². The van der Waals surface area contributed by atoms with Crippen LogP contribution in [0.1, 0.15) is 110 Å². The number of hydrogen-bond acceptors (Lipinski definition) is 3. The molecule has 158 valence electrons. The average Bonchev–Trinajstić information content (AvgIpc) is 2.73. The van der Waals surface area contributed by atoms with Crippen molar-refractivity contribution in [3.8, 4) is 6.07 Å². The number of fused-ring (bicyclic) bond motifs is 1. The van der Waals surface area contributed by atoms with Crippen molar-refractivity contribution in [2.45, 2.75) is 116 Å². The van der Waals surface area contributed by atoms with Crippen LogP contribution in [0.3, 0.4) is 0 Å². The summed E-state index contributed by atoms with van der Waals surface area (Å²) in [7, 11) is 0. The first-order valence-electron chi connectivity index (χ1n) is 12.3. The minimum absolute atomic E-state index is 0.0666. The first kappa shape index (κ1) is 21.7. The van der Waals surface area contributed by atoms with Crippen LogP contribution < -0.4 is 0 Å². The van der Waals surface area contributed by atoms with E-state index in [-0.39, 0.29) is 23.9 Å². The number of ether oxygens (including phenoxy) is 1. The summed E-state index contributed by atoms with van der Waals surface area (Å²) in [6.07, 6.45) is 19.5. The Kier molecular flexibility index (Phi) is 8.68. The summed E-state index contributed by atoms with van der Waals surface area (Å²) in [6.45, 7) is 2.28. The summed E-state index contributed by atoms with van der Waals surface area (Å²) in [5, 5.41) is 9.02. The summed E-state index contributed by atoms with van der Waals surface area (Å²) >= 11 is 0. The van der Waals surface area contributed by atoms with Crippen LogP contribution >= 0.6 is 0 Å².